The molecular formula is C35H41F3N4O2. The van der Waals surface area contributed by atoms with Gasteiger partial charge in [-0.15, -0.1) is 0 Å². The van der Waals surface area contributed by atoms with E-state index in [9.17, 15) is 22.8 Å². The Morgan fingerprint density at radius 1 is 0.886 bits per heavy atom. The van der Waals surface area contributed by atoms with Crippen LogP contribution < -0.4 is 15.5 Å². The minimum absolute atomic E-state index is 0.105. The third-order valence-electron chi connectivity index (χ3n) is 6.50. The number of nitrogens with one attached hydrogen (secondary N) is 2. The lowest BCUT2D eigenvalue weighted by atomic mass is 10.0. The summed E-state index contributed by atoms with van der Waals surface area (Å²) in [4.78, 5) is 29.6. The van der Waals surface area contributed by atoms with Gasteiger partial charge in [-0.1, -0.05) is 43.7 Å². The minimum atomic E-state index is -4.34. The van der Waals surface area contributed by atoms with Gasteiger partial charge in [-0.05, 0) is 93.4 Å². The van der Waals surface area contributed by atoms with Crippen LogP contribution in [0.5, 0.6) is 0 Å². The van der Waals surface area contributed by atoms with E-state index in [0.29, 0.717) is 17.5 Å². The van der Waals surface area contributed by atoms with Gasteiger partial charge in [0.15, 0.2) is 0 Å². The summed E-state index contributed by atoms with van der Waals surface area (Å²) in [6.07, 6.45) is -2.08. The lowest BCUT2D eigenvalue weighted by molar-refractivity contribution is -0.137. The summed E-state index contributed by atoms with van der Waals surface area (Å²) in [5, 5.41) is 5.37. The number of hydrogen-bond acceptors (Lipinski definition) is 4. The Labute approximate surface area is 258 Å². The topological polar surface area (TPSA) is 74.3 Å². The van der Waals surface area contributed by atoms with Crippen LogP contribution in [0, 0.1) is 13.8 Å². The maximum Gasteiger partial charge on any atom is 0.416 e. The van der Waals surface area contributed by atoms with Crippen molar-refractivity contribution in [2.75, 3.05) is 23.3 Å². The van der Waals surface area contributed by atoms with E-state index in [0.717, 1.165) is 59.0 Å². The molecule has 3 aromatic carbocycles. The van der Waals surface area contributed by atoms with Crippen molar-refractivity contribution >= 4 is 23.7 Å². The predicted octanol–water partition coefficient (Wildman–Crippen LogP) is 8.44. The highest BCUT2D eigenvalue weighted by atomic mass is 19.4. The SMILES string of the molecule is CC.CCN(CC)c1ccc(NC(=O)c2cccc(C)c2)c(-c2cc(C)ccn2)c1.O=CNCc1cccc(C(F)(F)F)c1. The first-order valence-corrected chi connectivity index (χ1v) is 14.6. The van der Waals surface area contributed by atoms with Gasteiger partial charge >= 0.3 is 6.18 Å². The number of halogens is 3. The van der Waals surface area contributed by atoms with Crippen LogP contribution in [0.25, 0.3) is 11.3 Å². The maximum absolute atomic E-state index is 12.8. The molecule has 0 bridgehead atoms. The molecule has 9 heteroatoms. The molecule has 2 amide bonds. The van der Waals surface area contributed by atoms with Gasteiger partial charge in [0, 0.05) is 42.6 Å². The number of carbonyl (C=O) groups is 2. The second-order valence-corrected chi connectivity index (χ2v) is 9.64. The van der Waals surface area contributed by atoms with Crippen molar-refractivity contribution in [1.29, 1.82) is 0 Å². The van der Waals surface area contributed by atoms with Gasteiger partial charge < -0.3 is 15.5 Å². The fourth-order valence-corrected chi connectivity index (χ4v) is 4.32. The number of nitrogens with zero attached hydrogens (tertiary/aromatic N) is 2. The maximum atomic E-state index is 12.8. The quantitative estimate of drug-likeness (QED) is 0.188. The minimum Gasteiger partial charge on any atom is -0.372 e. The summed E-state index contributed by atoms with van der Waals surface area (Å²) in [6, 6.07) is 22.6. The van der Waals surface area contributed by atoms with Crippen LogP contribution in [-0.4, -0.2) is 30.4 Å². The first-order chi connectivity index (χ1) is 21.0. The molecule has 2 N–H and O–H groups in total. The van der Waals surface area contributed by atoms with Crippen molar-refractivity contribution in [2.24, 2.45) is 0 Å². The monoisotopic (exact) mass is 606 g/mol. The second-order valence-electron chi connectivity index (χ2n) is 9.64. The molecule has 1 heterocycles. The highest BCUT2D eigenvalue weighted by molar-refractivity contribution is 6.06. The molecule has 4 aromatic rings. The van der Waals surface area contributed by atoms with Crippen LogP contribution in [0.15, 0.2) is 85.1 Å². The van der Waals surface area contributed by atoms with Crippen LogP contribution in [0.1, 0.15) is 60.3 Å². The summed E-state index contributed by atoms with van der Waals surface area (Å²) >= 11 is 0. The standard InChI is InChI=1S/C24H27N3O.C9H8F3NO.C2H6/c1-5-27(6-2)20-10-11-22(21(16-20)23-15-18(4)12-13-25-23)26-24(28)19-9-7-8-17(3)14-19;10-9(11,12)8-3-1-2-7(4-8)5-13-6-14;1-2/h7-16H,5-6H2,1-4H3,(H,26,28);1-4,6H,5H2,(H,13,14);1-2H3. The van der Waals surface area contributed by atoms with Gasteiger partial charge in [-0.25, -0.2) is 0 Å². The normalized spacial score (nSPS) is 10.4. The summed E-state index contributed by atoms with van der Waals surface area (Å²) in [5.74, 6) is -0.117. The summed E-state index contributed by atoms with van der Waals surface area (Å²) in [6.45, 7) is 14.3. The van der Waals surface area contributed by atoms with Gasteiger partial charge in [-0.3, -0.25) is 14.6 Å². The molecular weight excluding hydrogens is 565 g/mol. The van der Waals surface area contributed by atoms with Crippen molar-refractivity contribution in [2.45, 2.75) is 54.3 Å². The van der Waals surface area contributed by atoms with Crippen molar-refractivity contribution in [3.63, 3.8) is 0 Å². The Kier molecular flexibility index (Phi) is 14.1. The molecule has 0 fully saturated rings. The van der Waals surface area contributed by atoms with E-state index < -0.39 is 11.7 Å². The van der Waals surface area contributed by atoms with Crippen LogP contribution >= 0.6 is 0 Å². The number of benzene rings is 3. The molecule has 1 aromatic heterocycles. The van der Waals surface area contributed by atoms with Gasteiger partial charge in [0.05, 0.1) is 16.9 Å². The van der Waals surface area contributed by atoms with Crippen molar-refractivity contribution in [3.05, 3.63) is 113 Å². The van der Waals surface area contributed by atoms with Crippen molar-refractivity contribution in [1.82, 2.24) is 10.3 Å². The van der Waals surface area contributed by atoms with Crippen molar-refractivity contribution < 1.29 is 22.8 Å². The van der Waals surface area contributed by atoms with E-state index >= 15 is 0 Å². The Hall–Kier alpha value is -4.66. The lowest BCUT2D eigenvalue weighted by Gasteiger charge is -2.23. The van der Waals surface area contributed by atoms with E-state index in [2.05, 4.69) is 46.5 Å². The first-order valence-electron chi connectivity index (χ1n) is 14.6. The number of anilines is 2. The van der Waals surface area contributed by atoms with Gasteiger partial charge in [0.25, 0.3) is 5.91 Å². The number of pyridine rings is 1. The molecule has 6 nitrogen and oxygen atoms in total. The third-order valence-corrected chi connectivity index (χ3v) is 6.50. The van der Waals surface area contributed by atoms with Crippen molar-refractivity contribution in [3.8, 4) is 11.3 Å². The van der Waals surface area contributed by atoms with Gasteiger partial charge in [-0.2, -0.15) is 13.2 Å². The average molecular weight is 607 g/mol. The van der Waals surface area contributed by atoms with Crippen LogP contribution in [0.2, 0.25) is 0 Å². The summed E-state index contributed by atoms with van der Waals surface area (Å²) in [5.41, 5.74) is 6.23. The Bertz CT molecular complexity index is 1500. The van der Waals surface area contributed by atoms with Gasteiger partial charge in [0.2, 0.25) is 6.41 Å². The average Bonchev–Trinajstić information content (AvgIpc) is 3.02. The van der Waals surface area contributed by atoms with Crippen LogP contribution in [0.3, 0.4) is 0 Å². The van der Waals surface area contributed by atoms with E-state index in [4.69, 9.17) is 0 Å². The second kappa shape index (κ2) is 17.5. The zero-order chi connectivity index (χ0) is 32.7. The Morgan fingerprint density at radius 3 is 2.18 bits per heavy atom. The largest absolute Gasteiger partial charge is 0.416 e. The number of aromatic nitrogens is 1. The molecule has 0 saturated heterocycles. The van der Waals surface area contributed by atoms with E-state index in [-0.39, 0.29) is 12.5 Å². The molecule has 234 valence electrons. The fraction of sp³-hybridized carbons (Fsp3) is 0.286. The summed E-state index contributed by atoms with van der Waals surface area (Å²) < 4.78 is 36.6. The first kappa shape index (κ1) is 35.5. The molecule has 0 atom stereocenters. The van der Waals surface area contributed by atoms with E-state index in [1.807, 2.05) is 70.2 Å². The molecule has 0 aliphatic heterocycles. The molecule has 0 unspecified atom stereocenters. The molecule has 0 saturated carbocycles. The molecule has 0 aliphatic rings. The van der Waals surface area contributed by atoms with Gasteiger partial charge in [0.1, 0.15) is 0 Å². The number of amides is 2. The number of aryl methyl sites for hydroxylation is 2. The van der Waals surface area contributed by atoms with E-state index in [1.54, 1.807) is 6.20 Å². The number of carbonyl (C=O) groups excluding carboxylic acids is 2. The van der Waals surface area contributed by atoms with E-state index in [1.165, 1.54) is 12.1 Å². The zero-order valence-electron chi connectivity index (χ0n) is 26.1. The fourth-order valence-electron chi connectivity index (χ4n) is 4.32. The molecule has 0 radical (unpaired) electrons. The molecule has 44 heavy (non-hydrogen) atoms. The molecule has 4 rings (SSSR count). The Morgan fingerprint density at radius 2 is 1.57 bits per heavy atom. The van der Waals surface area contributed by atoms with Crippen LogP contribution in [0.4, 0.5) is 24.5 Å². The number of hydrogen-bond donors (Lipinski definition) is 2. The molecule has 0 spiro atoms. The third kappa shape index (κ3) is 10.6. The highest BCUT2D eigenvalue weighted by Gasteiger charge is 2.30. The summed E-state index contributed by atoms with van der Waals surface area (Å²) in [7, 11) is 0. The van der Waals surface area contributed by atoms with Crippen LogP contribution in [-0.2, 0) is 17.5 Å². The zero-order valence-corrected chi connectivity index (χ0v) is 26.1. The Balaban J connectivity index is 0.000000355. The lowest BCUT2D eigenvalue weighted by Crippen LogP contribution is -2.22. The number of alkyl halides is 3. The predicted molar refractivity (Wildman–Crippen MR) is 173 cm³/mol. The number of rotatable bonds is 9. The smallest absolute Gasteiger partial charge is 0.372 e. The highest BCUT2D eigenvalue weighted by Crippen LogP contribution is 2.32. The molecule has 0 aliphatic carbocycles.